The van der Waals surface area contributed by atoms with Crippen LogP contribution in [0.1, 0.15) is 31.2 Å². The van der Waals surface area contributed by atoms with E-state index in [9.17, 15) is 4.79 Å². The molecule has 0 saturated carbocycles. The number of nitrogens with one attached hydrogen (secondary N) is 1. The minimum absolute atomic E-state index is 0.0439. The third-order valence-electron chi connectivity index (χ3n) is 4.14. The van der Waals surface area contributed by atoms with Crippen molar-refractivity contribution < 1.29 is 9.21 Å². The van der Waals surface area contributed by atoms with Crippen LogP contribution in [0.4, 0.5) is 0 Å². The van der Waals surface area contributed by atoms with Crippen molar-refractivity contribution in [1.29, 1.82) is 0 Å². The van der Waals surface area contributed by atoms with Crippen LogP contribution in [0.2, 0.25) is 0 Å². The fourth-order valence-corrected chi connectivity index (χ4v) is 3.09. The highest BCUT2D eigenvalue weighted by molar-refractivity contribution is 9.10. The predicted octanol–water partition coefficient (Wildman–Crippen LogP) is 4.57. The van der Waals surface area contributed by atoms with Crippen LogP contribution < -0.4 is 5.32 Å². The summed E-state index contributed by atoms with van der Waals surface area (Å²) in [6.07, 6.45) is 2.51. The van der Waals surface area contributed by atoms with Crippen molar-refractivity contribution in [2.24, 2.45) is 0 Å². The fourth-order valence-electron chi connectivity index (χ4n) is 2.82. The van der Waals surface area contributed by atoms with Gasteiger partial charge in [0, 0.05) is 28.9 Å². The number of aromatic nitrogens is 2. The molecule has 1 heterocycles. The van der Waals surface area contributed by atoms with Crippen molar-refractivity contribution in [2.45, 2.75) is 38.6 Å². The van der Waals surface area contributed by atoms with E-state index < -0.39 is 0 Å². The largest absolute Gasteiger partial charge is 0.421 e. The van der Waals surface area contributed by atoms with E-state index in [1.54, 1.807) is 0 Å². The van der Waals surface area contributed by atoms with Crippen molar-refractivity contribution in [3.63, 3.8) is 0 Å². The van der Waals surface area contributed by atoms with Gasteiger partial charge in [-0.2, -0.15) is 0 Å². The van der Waals surface area contributed by atoms with Gasteiger partial charge >= 0.3 is 0 Å². The van der Waals surface area contributed by atoms with Crippen molar-refractivity contribution in [2.75, 3.05) is 0 Å². The van der Waals surface area contributed by atoms with Crippen LogP contribution in [-0.4, -0.2) is 22.1 Å². The quantitative estimate of drug-likeness (QED) is 0.571. The zero-order valence-corrected chi connectivity index (χ0v) is 16.8. The average molecular weight is 428 g/mol. The van der Waals surface area contributed by atoms with E-state index in [0.29, 0.717) is 31.0 Å². The van der Waals surface area contributed by atoms with Gasteiger partial charge in [-0.1, -0.05) is 46.3 Å². The molecule has 0 aliphatic heterocycles. The molecule has 140 valence electrons. The molecule has 1 amide bonds. The maximum absolute atomic E-state index is 12.1. The fraction of sp³-hybridized carbons (Fsp3) is 0.286. The van der Waals surface area contributed by atoms with Crippen LogP contribution in [0.15, 0.2) is 63.5 Å². The molecule has 1 atom stereocenters. The number of hydrogen-bond acceptors (Lipinski definition) is 4. The molecule has 1 unspecified atom stereocenters. The van der Waals surface area contributed by atoms with E-state index in [0.717, 1.165) is 16.5 Å². The third kappa shape index (κ3) is 6.03. The SMILES string of the molecule is CC(Cc1ccc(Br)cc1)NC(=O)CCCc1nnc(-c2ccccc2)o1. The first-order valence-electron chi connectivity index (χ1n) is 9.02. The Balaban J connectivity index is 1.40. The normalized spacial score (nSPS) is 11.9. The van der Waals surface area contributed by atoms with Crippen LogP contribution >= 0.6 is 15.9 Å². The first-order chi connectivity index (χ1) is 13.1. The van der Waals surface area contributed by atoms with Gasteiger partial charge in [-0.3, -0.25) is 4.79 Å². The molecule has 0 saturated heterocycles. The molecule has 27 heavy (non-hydrogen) atoms. The zero-order chi connectivity index (χ0) is 19.1. The number of aryl methyl sites for hydroxylation is 1. The van der Waals surface area contributed by atoms with Crippen LogP contribution in [0, 0.1) is 0 Å². The first-order valence-corrected chi connectivity index (χ1v) is 9.81. The molecule has 0 spiro atoms. The summed E-state index contributed by atoms with van der Waals surface area (Å²) in [6, 6.07) is 17.9. The lowest BCUT2D eigenvalue weighted by Gasteiger charge is -2.14. The minimum Gasteiger partial charge on any atom is -0.421 e. The first kappa shape index (κ1) is 19.3. The molecular weight excluding hydrogens is 406 g/mol. The number of hydrogen-bond donors (Lipinski definition) is 1. The Bertz CT molecular complexity index is 863. The number of halogens is 1. The lowest BCUT2D eigenvalue weighted by molar-refractivity contribution is -0.121. The van der Waals surface area contributed by atoms with Gasteiger partial charge in [-0.05, 0) is 49.6 Å². The van der Waals surface area contributed by atoms with Crippen LogP contribution in [0.3, 0.4) is 0 Å². The topological polar surface area (TPSA) is 68.0 Å². The average Bonchev–Trinajstić information content (AvgIpc) is 3.13. The summed E-state index contributed by atoms with van der Waals surface area (Å²) in [5, 5.41) is 11.2. The van der Waals surface area contributed by atoms with Crippen LogP contribution in [0.25, 0.3) is 11.5 Å². The van der Waals surface area contributed by atoms with E-state index in [-0.39, 0.29) is 11.9 Å². The number of amides is 1. The highest BCUT2D eigenvalue weighted by atomic mass is 79.9. The van der Waals surface area contributed by atoms with E-state index in [4.69, 9.17) is 4.42 Å². The summed E-state index contributed by atoms with van der Waals surface area (Å²) < 4.78 is 6.72. The van der Waals surface area contributed by atoms with E-state index in [1.807, 2.05) is 49.4 Å². The zero-order valence-electron chi connectivity index (χ0n) is 15.2. The second-order valence-electron chi connectivity index (χ2n) is 6.52. The van der Waals surface area contributed by atoms with Crippen molar-refractivity contribution >= 4 is 21.8 Å². The van der Waals surface area contributed by atoms with Crippen molar-refractivity contribution in [3.05, 3.63) is 70.5 Å². The van der Waals surface area contributed by atoms with E-state index >= 15 is 0 Å². The Kier molecular flexibility index (Phi) is 6.76. The Morgan fingerprint density at radius 3 is 2.59 bits per heavy atom. The molecule has 6 heteroatoms. The second-order valence-corrected chi connectivity index (χ2v) is 7.44. The molecule has 3 aromatic rings. The molecule has 1 aromatic heterocycles. The van der Waals surface area contributed by atoms with Gasteiger partial charge < -0.3 is 9.73 Å². The standard InChI is InChI=1S/C21H22BrN3O2/c1-15(14-16-10-12-18(22)13-11-16)23-19(26)8-5-9-20-24-25-21(27-20)17-6-3-2-4-7-17/h2-4,6-7,10-13,15H,5,8-9,14H2,1H3,(H,23,26). The lowest BCUT2D eigenvalue weighted by atomic mass is 10.1. The molecule has 3 rings (SSSR count). The van der Waals surface area contributed by atoms with Crippen molar-refractivity contribution in [1.82, 2.24) is 15.5 Å². The summed E-state index contributed by atoms with van der Waals surface area (Å²) in [5.41, 5.74) is 2.10. The number of rotatable bonds is 8. The number of nitrogens with zero attached hydrogens (tertiary/aromatic N) is 2. The Morgan fingerprint density at radius 1 is 1.11 bits per heavy atom. The summed E-state index contributed by atoms with van der Waals surface area (Å²) in [6.45, 7) is 2.02. The molecule has 0 bridgehead atoms. The number of carbonyl (C=O) groups is 1. The number of carbonyl (C=O) groups excluding carboxylic acids is 1. The maximum atomic E-state index is 12.1. The Hall–Kier alpha value is -2.47. The highest BCUT2D eigenvalue weighted by Crippen LogP contribution is 2.17. The highest BCUT2D eigenvalue weighted by Gasteiger charge is 2.11. The number of benzene rings is 2. The maximum Gasteiger partial charge on any atom is 0.247 e. The van der Waals surface area contributed by atoms with Gasteiger partial charge in [0.1, 0.15) is 0 Å². The molecule has 0 radical (unpaired) electrons. The molecule has 2 aromatic carbocycles. The summed E-state index contributed by atoms with van der Waals surface area (Å²) in [7, 11) is 0. The van der Waals surface area contributed by atoms with Gasteiger partial charge in [0.25, 0.3) is 0 Å². The van der Waals surface area contributed by atoms with Crippen LogP contribution in [0.5, 0.6) is 0 Å². The third-order valence-corrected chi connectivity index (χ3v) is 4.67. The monoisotopic (exact) mass is 427 g/mol. The molecular formula is C21H22BrN3O2. The smallest absolute Gasteiger partial charge is 0.247 e. The molecule has 1 N–H and O–H groups in total. The van der Waals surface area contributed by atoms with Crippen molar-refractivity contribution in [3.8, 4) is 11.5 Å². The molecule has 0 fully saturated rings. The second kappa shape index (κ2) is 9.46. The molecule has 5 nitrogen and oxygen atoms in total. The van der Waals surface area contributed by atoms with Gasteiger partial charge in [0.2, 0.25) is 17.7 Å². The minimum atomic E-state index is 0.0439. The van der Waals surface area contributed by atoms with Crippen LogP contribution in [-0.2, 0) is 17.6 Å². The van der Waals surface area contributed by atoms with Gasteiger partial charge in [0.05, 0.1) is 0 Å². The molecule has 0 aliphatic carbocycles. The Labute approximate surface area is 167 Å². The Morgan fingerprint density at radius 2 is 1.85 bits per heavy atom. The van der Waals surface area contributed by atoms with Gasteiger partial charge in [0.15, 0.2) is 0 Å². The summed E-state index contributed by atoms with van der Waals surface area (Å²) >= 11 is 3.43. The van der Waals surface area contributed by atoms with E-state index in [2.05, 4.69) is 43.6 Å². The predicted molar refractivity (Wildman–Crippen MR) is 108 cm³/mol. The summed E-state index contributed by atoms with van der Waals surface area (Å²) in [4.78, 5) is 12.1. The van der Waals surface area contributed by atoms with Gasteiger partial charge in [-0.25, -0.2) is 0 Å². The summed E-state index contributed by atoms with van der Waals surface area (Å²) in [5.74, 6) is 1.12. The molecule has 0 aliphatic rings. The lowest BCUT2D eigenvalue weighted by Crippen LogP contribution is -2.33. The van der Waals surface area contributed by atoms with E-state index in [1.165, 1.54) is 5.56 Å². The van der Waals surface area contributed by atoms with Gasteiger partial charge in [-0.15, -0.1) is 10.2 Å².